The monoisotopic (exact) mass is 735 g/mol. The maximum absolute atomic E-state index is 7.03. The Balaban J connectivity index is 1.46. The molecule has 4 rings (SSSR count). The predicted molar refractivity (Wildman–Crippen MR) is 216 cm³/mol. The van der Waals surface area contributed by atoms with E-state index in [2.05, 4.69) is 102 Å². The maximum atomic E-state index is 7.03. The van der Waals surface area contributed by atoms with Crippen LogP contribution >= 0.6 is 0 Å². The molecule has 0 heterocycles. The van der Waals surface area contributed by atoms with Gasteiger partial charge in [0.2, 0.25) is 0 Å². The summed E-state index contributed by atoms with van der Waals surface area (Å²) in [4.78, 5) is 0. The number of fused-ring (bicyclic) bond motifs is 5. The van der Waals surface area contributed by atoms with Gasteiger partial charge >= 0.3 is 0 Å². The summed E-state index contributed by atoms with van der Waals surface area (Å²) in [5.74, 6) is 4.03. The van der Waals surface area contributed by atoms with Crippen molar-refractivity contribution in [3.05, 3.63) is 11.6 Å². The van der Waals surface area contributed by atoms with Crippen LogP contribution in [0.15, 0.2) is 11.6 Å². The van der Waals surface area contributed by atoms with E-state index in [9.17, 15) is 0 Å². The summed E-state index contributed by atoms with van der Waals surface area (Å²) >= 11 is 0. The summed E-state index contributed by atoms with van der Waals surface area (Å²) in [7, 11) is -1.75. The third-order valence-corrected chi connectivity index (χ3v) is 24.8. The molecule has 0 aromatic heterocycles. The zero-order chi connectivity index (χ0) is 37.3. The lowest BCUT2D eigenvalue weighted by molar-refractivity contribution is -0.142. The first-order valence-corrected chi connectivity index (χ1v) is 26.6. The van der Waals surface area contributed by atoms with E-state index in [0.717, 1.165) is 18.9 Å². The van der Waals surface area contributed by atoms with Crippen LogP contribution in [0.5, 0.6) is 0 Å². The van der Waals surface area contributed by atoms with Gasteiger partial charge in [0.05, 0.1) is 19.3 Å². The van der Waals surface area contributed by atoms with Crippen LogP contribution in [0.1, 0.15) is 133 Å². The second-order valence-electron chi connectivity index (χ2n) is 21.1. The molecule has 0 radical (unpaired) electrons. The predicted octanol–water partition coefficient (Wildman–Crippen LogP) is 12.0. The van der Waals surface area contributed by atoms with Gasteiger partial charge in [-0.15, -0.1) is 0 Å². The van der Waals surface area contributed by atoms with Gasteiger partial charge in [-0.25, -0.2) is 0 Å². The molecule has 0 aromatic rings. The highest BCUT2D eigenvalue weighted by Crippen LogP contribution is 2.68. The van der Waals surface area contributed by atoms with Gasteiger partial charge in [0.25, 0.3) is 0 Å². The molecule has 5 nitrogen and oxygen atoms in total. The summed E-state index contributed by atoms with van der Waals surface area (Å²) < 4.78 is 31.6. The average molecular weight is 735 g/mol. The maximum Gasteiger partial charge on any atom is 0.192 e. The molecule has 0 spiro atoms. The van der Waals surface area contributed by atoms with E-state index in [1.807, 2.05) is 0 Å². The molecule has 3 fully saturated rings. The van der Waals surface area contributed by atoms with Crippen LogP contribution in [0.25, 0.3) is 0 Å². The van der Waals surface area contributed by atoms with Crippen LogP contribution in [0, 0.1) is 46.3 Å². The minimum Gasteiger partial charge on any atom is -0.417 e. The van der Waals surface area contributed by atoms with Crippen LogP contribution in [-0.2, 0) is 23.1 Å². The van der Waals surface area contributed by atoms with Crippen molar-refractivity contribution in [3.63, 3.8) is 0 Å². The Morgan fingerprint density at radius 2 is 1.58 bits per heavy atom. The Kier molecular flexibility index (Phi) is 14.0. The third-order valence-electron chi connectivity index (χ3n) is 15.7. The normalized spacial score (nSPS) is 34.8. The van der Waals surface area contributed by atoms with E-state index in [-0.39, 0.29) is 16.2 Å². The first kappa shape index (κ1) is 42.7. The van der Waals surface area contributed by atoms with Crippen LogP contribution in [-0.4, -0.2) is 62.6 Å². The molecule has 0 bridgehead atoms. The third kappa shape index (κ3) is 9.25. The molecule has 10 atom stereocenters. The molecule has 50 heavy (non-hydrogen) atoms. The Hall–Kier alpha value is -0.0262. The molecule has 4 aliphatic carbocycles. The molecule has 0 aromatic carbocycles. The van der Waals surface area contributed by atoms with Crippen LogP contribution in [0.3, 0.4) is 0 Å². The second kappa shape index (κ2) is 16.4. The molecule has 4 aliphatic rings. The van der Waals surface area contributed by atoms with Gasteiger partial charge in [-0.3, -0.25) is 0 Å². The van der Waals surface area contributed by atoms with Crippen molar-refractivity contribution >= 4 is 16.6 Å². The van der Waals surface area contributed by atoms with Gasteiger partial charge in [0.15, 0.2) is 16.6 Å². The fourth-order valence-electron chi connectivity index (χ4n) is 10.4. The van der Waals surface area contributed by atoms with Crippen molar-refractivity contribution in [3.8, 4) is 0 Å². The highest BCUT2D eigenvalue weighted by atomic mass is 28.4. The van der Waals surface area contributed by atoms with Crippen molar-refractivity contribution in [2.45, 2.75) is 182 Å². The van der Waals surface area contributed by atoms with E-state index in [4.69, 9.17) is 23.1 Å². The summed E-state index contributed by atoms with van der Waals surface area (Å²) in [5, 5.41) is 0.525. The minimum absolute atomic E-state index is 0.253. The van der Waals surface area contributed by atoms with E-state index in [1.165, 1.54) is 57.8 Å². The van der Waals surface area contributed by atoms with Gasteiger partial charge in [-0.05, 0) is 134 Å². The zero-order valence-corrected chi connectivity index (χ0v) is 37.6. The van der Waals surface area contributed by atoms with Crippen LogP contribution in [0.4, 0.5) is 0 Å². The Labute approximate surface area is 312 Å². The first-order valence-electron chi connectivity index (χ1n) is 20.8. The Morgan fingerprint density at radius 1 is 0.900 bits per heavy atom. The molecule has 292 valence electrons. The Morgan fingerprint density at radius 3 is 2.22 bits per heavy atom. The molecule has 0 amide bonds. The molecular weight excluding hydrogens is 653 g/mol. The second-order valence-corrected chi connectivity index (χ2v) is 30.7. The first-order chi connectivity index (χ1) is 23.1. The van der Waals surface area contributed by atoms with Gasteiger partial charge < -0.3 is 23.1 Å². The lowest BCUT2D eigenvalue weighted by Crippen LogP contribution is -2.53. The average Bonchev–Trinajstić information content (AvgIpc) is 3.31. The van der Waals surface area contributed by atoms with Crippen molar-refractivity contribution in [1.29, 1.82) is 0 Å². The summed E-state index contributed by atoms with van der Waals surface area (Å²) in [6.07, 6.45) is 15.9. The van der Waals surface area contributed by atoms with Crippen LogP contribution in [0.2, 0.25) is 36.3 Å². The van der Waals surface area contributed by atoms with Crippen molar-refractivity contribution < 1.29 is 23.1 Å². The minimum atomic E-state index is -1.79. The summed E-state index contributed by atoms with van der Waals surface area (Å²) in [6.45, 7) is 36.6. The fourth-order valence-corrected chi connectivity index (χ4v) is 13.0. The SMILES string of the molecule is COCCOCO[C@H]1C[C@H]([C@H](C)CCC[C@@H](C)CO[Si](C)(C)C(C)(C)C)[C@@]2(C)CC[C@H]3[C@@H](CC=C4C[C@@H](O[Si](C)(C)C(C)(C)C)CC[C@@]43C)[C@H]12. The van der Waals surface area contributed by atoms with E-state index in [0.29, 0.717) is 66.5 Å². The number of methoxy groups -OCH3 is 1. The van der Waals surface area contributed by atoms with Crippen molar-refractivity contribution in [1.82, 2.24) is 0 Å². The number of allylic oxidation sites excluding steroid dienone is 1. The number of rotatable bonds is 16. The smallest absolute Gasteiger partial charge is 0.192 e. The van der Waals surface area contributed by atoms with Crippen LogP contribution < -0.4 is 0 Å². The summed E-state index contributed by atoms with van der Waals surface area (Å²) in [6, 6.07) is 0. The quantitative estimate of drug-likeness (QED) is 0.0684. The lowest BCUT2D eigenvalue weighted by atomic mass is 9.46. The molecule has 0 unspecified atom stereocenters. The molecule has 0 aliphatic heterocycles. The highest BCUT2D eigenvalue weighted by molar-refractivity contribution is 6.74. The van der Waals surface area contributed by atoms with E-state index in [1.54, 1.807) is 12.7 Å². The standard InChI is InChI=1S/C43H82O5Si2/c1-31(29-47-49(12,13)40(3,4)5)17-16-18-32(2)37-28-38(46-30-45-26-25-44-11)39-35-20-19-33-27-34(48-50(14,15)41(6,7)8)21-23-42(33,9)36(35)22-24-43(37,39)10/h19,31-32,34-39H,16-18,20-30H2,1-15H3/t31-,32-,34+,35-,36+,37-,38+,39-,42+,43-/m1/s1. The Bertz CT molecular complexity index is 1120. The van der Waals surface area contributed by atoms with E-state index < -0.39 is 16.6 Å². The number of hydrogen-bond donors (Lipinski definition) is 0. The summed E-state index contributed by atoms with van der Waals surface area (Å²) in [5.41, 5.74) is 2.33. The topological polar surface area (TPSA) is 46.2 Å². The van der Waals surface area contributed by atoms with Gasteiger partial charge in [0.1, 0.15) is 6.79 Å². The van der Waals surface area contributed by atoms with Crippen molar-refractivity contribution in [2.24, 2.45) is 46.3 Å². The molecule has 3 saturated carbocycles. The van der Waals surface area contributed by atoms with Gasteiger partial charge in [-0.2, -0.15) is 0 Å². The largest absolute Gasteiger partial charge is 0.417 e. The van der Waals surface area contributed by atoms with Gasteiger partial charge in [0, 0.05) is 19.8 Å². The number of hydrogen-bond acceptors (Lipinski definition) is 5. The molecule has 7 heteroatoms. The van der Waals surface area contributed by atoms with Gasteiger partial charge in [-0.1, -0.05) is 93.7 Å². The fraction of sp³-hybridized carbons (Fsp3) is 0.953. The molecule has 0 saturated heterocycles. The molecule has 0 N–H and O–H groups in total. The lowest BCUT2D eigenvalue weighted by Gasteiger charge is -2.59. The number of ether oxygens (including phenoxy) is 3. The molecular formula is C43H82O5Si2. The highest BCUT2D eigenvalue weighted by Gasteiger charge is 2.62. The zero-order valence-electron chi connectivity index (χ0n) is 35.6. The van der Waals surface area contributed by atoms with Crippen molar-refractivity contribution in [2.75, 3.05) is 33.7 Å². The van der Waals surface area contributed by atoms with E-state index >= 15 is 0 Å².